The second kappa shape index (κ2) is 42.2. The number of hydrogen-bond acceptors (Lipinski definition) is 38. The Morgan fingerprint density at radius 2 is 0.917 bits per heavy atom. The van der Waals surface area contributed by atoms with Gasteiger partial charge in [-0.05, 0) is 137 Å². The maximum Gasteiger partial charge on any atom is 0.264 e. The smallest absolute Gasteiger partial charge is 0.264 e. The molecule has 4 aliphatic rings. The van der Waals surface area contributed by atoms with Gasteiger partial charge in [0.2, 0.25) is 5.82 Å². The zero-order valence-electron chi connectivity index (χ0n) is 71.5. The summed E-state index contributed by atoms with van der Waals surface area (Å²) in [5.74, 6) is 8.27. The number of hydrogen-bond donors (Lipinski definition) is 10. The number of benzene rings is 1. The van der Waals surface area contributed by atoms with Gasteiger partial charge in [0.15, 0.2) is 39.1 Å². The number of furan rings is 1. The molecule has 0 spiro atoms. The van der Waals surface area contributed by atoms with E-state index in [9.17, 15) is 24.0 Å². The minimum absolute atomic E-state index is 0.0963. The lowest BCUT2D eigenvalue weighted by Gasteiger charge is -2.26. The van der Waals surface area contributed by atoms with E-state index in [4.69, 9.17) is 58.1 Å². The third-order valence-corrected chi connectivity index (χ3v) is 28.2. The normalized spacial score (nSPS) is 14.1. The van der Waals surface area contributed by atoms with Gasteiger partial charge in [-0.1, -0.05) is 30.2 Å². The van der Waals surface area contributed by atoms with Gasteiger partial charge in [0.25, 0.3) is 35.4 Å². The number of oxazole rings is 1. The molecule has 21 rings (SSSR count). The number of rotatable bonds is 21. The van der Waals surface area contributed by atoms with Crippen LogP contribution in [-0.2, 0) is 27.2 Å². The number of carbonyl (C=O) groups is 5. The second-order valence-corrected chi connectivity index (χ2v) is 37.6. The molecule has 0 radical (unpaired) electrons. The summed E-state index contributed by atoms with van der Waals surface area (Å²) < 4.78 is 27.0. The number of nitrogen functional groups attached to an aromatic ring is 5. The van der Waals surface area contributed by atoms with Crippen LogP contribution in [0.3, 0.4) is 0 Å². The third kappa shape index (κ3) is 22.9. The van der Waals surface area contributed by atoms with Gasteiger partial charge < -0.3 is 78.3 Å². The Labute approximate surface area is 787 Å². The van der Waals surface area contributed by atoms with Gasteiger partial charge in [-0.2, -0.15) is 0 Å². The first-order chi connectivity index (χ1) is 64.7. The zero-order chi connectivity index (χ0) is 92.0. The summed E-state index contributed by atoms with van der Waals surface area (Å²) in [6.07, 6.45) is 21.8. The minimum atomic E-state index is -0.179. The minimum Gasteiger partial charge on any atom is -0.457 e. The highest BCUT2D eigenvalue weighted by Gasteiger charge is 2.30. The van der Waals surface area contributed by atoms with Crippen molar-refractivity contribution in [1.29, 1.82) is 0 Å². The van der Waals surface area contributed by atoms with Crippen molar-refractivity contribution in [3.05, 3.63) is 197 Å². The summed E-state index contributed by atoms with van der Waals surface area (Å²) >= 11 is 9.45. The molecule has 0 bridgehead atoms. The first kappa shape index (κ1) is 91.1. The number of morpholine rings is 1. The summed E-state index contributed by atoms with van der Waals surface area (Å²) in [5.41, 5.74) is 35.8. The number of anilines is 5. The predicted octanol–water partition coefficient (Wildman–Crippen LogP) is 13.2. The van der Waals surface area contributed by atoms with Crippen LogP contribution in [0.1, 0.15) is 127 Å². The van der Waals surface area contributed by atoms with Crippen LogP contribution in [-0.4, -0.2) is 194 Å². The maximum atomic E-state index is 12.6. The summed E-state index contributed by atoms with van der Waals surface area (Å²) in [6, 6.07) is 27.9. The molecular weight excluding hydrogens is 1830 g/mol. The summed E-state index contributed by atoms with van der Waals surface area (Å²) in [7, 11) is 0. The number of fused-ring (bicyclic) bond motifs is 5. The number of terminal acetylenes is 1. The van der Waals surface area contributed by atoms with Crippen LogP contribution in [0.15, 0.2) is 148 Å². The van der Waals surface area contributed by atoms with E-state index in [1.165, 1.54) is 91.8 Å². The quantitative estimate of drug-likeness (QED) is 0.0299. The molecule has 1 saturated carbocycles. The molecule has 5 amide bonds. The van der Waals surface area contributed by atoms with E-state index in [1.807, 2.05) is 85.3 Å². The van der Waals surface area contributed by atoms with Crippen LogP contribution in [0, 0.1) is 26.2 Å². The van der Waals surface area contributed by atoms with Gasteiger partial charge >= 0.3 is 0 Å². The number of ether oxygens (including phenoxy) is 3. The average Bonchev–Trinajstić information content (AvgIpc) is 1.65. The van der Waals surface area contributed by atoms with Crippen molar-refractivity contribution in [1.82, 2.24) is 106 Å². The SMILES string of the molecule is C#Cc1cccc(-c2nc(N)c3cc(C(=O)NCCN4CCOCC4)sc3n2)c1.Cc1csc(-c2nc(N)c3cc(C(=O)NC4CCOCC4)sc3n2)n1.Cc1csc(-c2nc(N)c3cc(C(=O)NCCc4cccnc4)sc3n2)n1.Nc1nc(-c2ccc(C3CC3)o2)nc2sc(C(=O)NCc3cccnc3)cc12.Nc1nc(-c2ncco2)nc2sc(C(=O)NC3CCOCC3)cc12. The van der Waals surface area contributed by atoms with Gasteiger partial charge in [0.1, 0.15) is 65.3 Å². The third-order valence-electron chi connectivity index (χ3n) is 21.1. The summed E-state index contributed by atoms with van der Waals surface area (Å²) in [4.78, 5) is 136. The largest absolute Gasteiger partial charge is 0.457 e. The van der Waals surface area contributed by atoms with Crippen molar-refractivity contribution in [2.24, 2.45) is 0 Å². The van der Waals surface area contributed by atoms with E-state index in [0.717, 1.165) is 127 Å². The molecule has 1 aromatic carbocycles. The van der Waals surface area contributed by atoms with Crippen LogP contribution in [0.25, 0.3) is 107 Å². The topological polar surface area (TPSA) is 526 Å². The van der Waals surface area contributed by atoms with Crippen molar-refractivity contribution in [3.63, 3.8) is 0 Å². The van der Waals surface area contributed by atoms with Crippen LogP contribution in [0.5, 0.6) is 0 Å². The number of thiazole rings is 2. The van der Waals surface area contributed by atoms with E-state index in [-0.39, 0.29) is 41.6 Å². The van der Waals surface area contributed by atoms with Crippen molar-refractivity contribution in [2.45, 2.75) is 83.3 Å². The molecule has 4 fully saturated rings. The fourth-order valence-corrected chi connectivity index (χ4v) is 20.2. The maximum absolute atomic E-state index is 12.6. The molecule has 678 valence electrons. The van der Waals surface area contributed by atoms with Crippen LogP contribution in [0.2, 0.25) is 0 Å². The van der Waals surface area contributed by atoms with Crippen molar-refractivity contribution < 1.29 is 47.0 Å². The Morgan fingerprint density at radius 3 is 1.39 bits per heavy atom. The average molecular weight is 1920 g/mol. The van der Waals surface area contributed by atoms with Crippen molar-refractivity contribution in [2.75, 3.05) is 101 Å². The highest BCUT2D eigenvalue weighted by molar-refractivity contribution is 7.22. The molecule has 3 aliphatic heterocycles. The van der Waals surface area contributed by atoms with Crippen LogP contribution in [0.4, 0.5) is 29.1 Å². The molecule has 133 heavy (non-hydrogen) atoms. The lowest BCUT2D eigenvalue weighted by molar-refractivity contribution is 0.0383. The van der Waals surface area contributed by atoms with Gasteiger partial charge in [0.05, 0.1) is 70.7 Å². The molecule has 1 aliphatic carbocycles. The Morgan fingerprint density at radius 1 is 0.466 bits per heavy atom. The molecular formula is C90H86N26O10S7. The molecule has 43 heteroatoms. The Balaban J connectivity index is 0.000000116. The van der Waals surface area contributed by atoms with E-state index in [0.29, 0.717) is 197 Å². The number of amides is 5. The second-order valence-electron chi connectivity index (χ2n) is 30.8. The van der Waals surface area contributed by atoms with Crippen molar-refractivity contribution >= 4 is 189 Å². The fourth-order valence-electron chi connectivity index (χ4n) is 14.0. The predicted molar refractivity (Wildman–Crippen MR) is 517 cm³/mol. The number of aromatic nitrogens is 15. The number of thiophene rings is 5. The van der Waals surface area contributed by atoms with E-state index >= 15 is 0 Å². The molecule has 0 atom stereocenters. The van der Waals surface area contributed by atoms with Gasteiger partial charge in [-0.25, -0.2) is 64.8 Å². The number of nitrogens with two attached hydrogens (primary N) is 5. The number of nitrogens with one attached hydrogen (secondary N) is 5. The van der Waals surface area contributed by atoms with E-state index < -0.39 is 0 Å². The lowest BCUT2D eigenvalue weighted by atomic mass is 10.1. The first-order valence-corrected chi connectivity index (χ1v) is 48.0. The molecule has 0 unspecified atom stereocenters. The first-order valence-electron chi connectivity index (χ1n) is 42.2. The molecule has 19 heterocycles. The number of nitrogens with zero attached hydrogens (tertiary/aromatic N) is 16. The Kier molecular flexibility index (Phi) is 28.9. The molecule has 15 N–H and O–H groups in total. The van der Waals surface area contributed by atoms with Gasteiger partial charge in [0, 0.05) is 142 Å². The highest BCUT2D eigenvalue weighted by atomic mass is 32.1. The fraction of sp³-hybridized carbons (Fsp3) is 0.267. The standard InChI is InChI=1S/C21H21N5O2S.C20H17N5O2S.C18H16N6OS2.C16H17N5O2S2.C15H15N5O3S/c1-2-14-4-3-5-15(12-14)19-24-18(22)16-13-17(29-21(16)25-19)20(27)23-6-7-26-8-10-28-11-9-26;21-17-13-8-16(19(26)23-10-11-2-1-7-22-9-11)28-20(13)25-18(24-17)15-6-5-14(27-15)12-3-4-12;1-10-9-26-18(22-10)15-23-14(19)12-7-13(27-17(12)24-15)16(25)21-6-4-11-3-2-5-20-8-11;1-8-7-24-16(18-8)13-20-12(17)10-6-11(25-15(10)21-13)14(22)19-9-2-4-23-5-3-9;16-11-9-7-10(13(21)18-8-1-4-22-5-2-8)24-15(9)20-12(19-11)14-17-3-6-23-14/h1,3-5,12-13H,6-11H2,(H,23,27)(H2,22,24,25);1-2,5-9,12H,3-4,10H2,(H,23,26)(H2,21,24,25);2-3,5,7-9H,4,6H2,1H3,(H,21,25)(H2,19,23,24);6-7,9H,2-5H2,1H3,(H,19,22)(H2,17,20,21);3,6-8H,1-2,4-5H2,(H,18,21)(H2,16,19,20). The molecule has 17 aromatic rings. The Hall–Kier alpha value is -13.8. The van der Waals surface area contributed by atoms with E-state index in [2.05, 4.69) is 112 Å². The monoisotopic (exact) mass is 1910 g/mol. The molecule has 36 nitrogen and oxygen atoms in total. The summed E-state index contributed by atoms with van der Waals surface area (Å²) in [6.45, 7) is 12.2. The van der Waals surface area contributed by atoms with E-state index in [1.54, 1.807) is 55.1 Å². The molecule has 16 aromatic heterocycles. The van der Waals surface area contributed by atoms with Crippen LogP contribution >= 0.6 is 79.4 Å². The van der Waals surface area contributed by atoms with Gasteiger partial charge in [-0.3, -0.25) is 38.8 Å². The molecule has 3 saturated heterocycles. The highest BCUT2D eigenvalue weighted by Crippen LogP contribution is 2.43. The Bertz CT molecular complexity index is 7090. The number of aryl methyl sites for hydroxylation is 2. The number of carbonyl (C=O) groups excluding carboxylic acids is 5. The van der Waals surface area contributed by atoms with Crippen LogP contribution < -0.4 is 55.3 Å². The number of pyridine rings is 2. The van der Waals surface area contributed by atoms with Crippen molar-refractivity contribution in [3.8, 4) is 68.7 Å². The lowest BCUT2D eigenvalue weighted by Crippen LogP contribution is -2.41. The van der Waals surface area contributed by atoms with Gasteiger partial charge in [-0.15, -0.1) is 85.8 Å². The summed E-state index contributed by atoms with van der Waals surface area (Å²) in [5, 5.41) is 23.6. The zero-order valence-corrected chi connectivity index (χ0v) is 77.2.